The Morgan fingerprint density at radius 2 is 2.17 bits per heavy atom. The van der Waals surface area contributed by atoms with Crippen LogP contribution in [-0.2, 0) is 9.53 Å². The summed E-state index contributed by atoms with van der Waals surface area (Å²) in [5, 5.41) is 0.689. The summed E-state index contributed by atoms with van der Waals surface area (Å²) in [4.78, 5) is 14.8. The zero-order chi connectivity index (χ0) is 16.7. The minimum Gasteiger partial charge on any atom is -0.462 e. The first-order chi connectivity index (χ1) is 11.7. The molecule has 2 aliphatic rings. The summed E-state index contributed by atoms with van der Waals surface area (Å²) in [5.41, 5.74) is 0.925. The van der Waals surface area contributed by atoms with Gasteiger partial charge in [-0.1, -0.05) is 35.9 Å². The van der Waals surface area contributed by atoms with E-state index < -0.39 is 5.72 Å². The molecule has 0 amide bonds. The highest BCUT2D eigenvalue weighted by atomic mass is 35.5. The quantitative estimate of drug-likeness (QED) is 0.777. The minimum absolute atomic E-state index is 0.0248. The lowest BCUT2D eigenvalue weighted by molar-refractivity contribution is -0.159. The van der Waals surface area contributed by atoms with Crippen LogP contribution < -0.4 is 9.64 Å². The van der Waals surface area contributed by atoms with Gasteiger partial charge in [0.05, 0.1) is 18.3 Å². The molecular formula is C19H18ClNO3. The van der Waals surface area contributed by atoms with Gasteiger partial charge in [-0.2, -0.15) is 0 Å². The molecule has 0 unspecified atom stereocenters. The van der Waals surface area contributed by atoms with Gasteiger partial charge in [-0.25, -0.2) is 4.79 Å². The van der Waals surface area contributed by atoms with E-state index in [1.165, 1.54) is 0 Å². The molecule has 0 aliphatic carbocycles. The monoisotopic (exact) mass is 343 g/mol. The van der Waals surface area contributed by atoms with Crippen LogP contribution >= 0.6 is 11.6 Å². The van der Waals surface area contributed by atoms with Gasteiger partial charge in [0, 0.05) is 11.4 Å². The average Bonchev–Trinajstić information content (AvgIpc) is 3.10. The number of ether oxygens (including phenoxy) is 2. The van der Waals surface area contributed by atoms with Crippen molar-refractivity contribution in [1.29, 1.82) is 0 Å². The smallest absolute Gasteiger partial charge is 0.372 e. The lowest BCUT2D eigenvalue weighted by Crippen LogP contribution is -2.53. The van der Waals surface area contributed by atoms with E-state index in [-0.39, 0.29) is 12.0 Å². The van der Waals surface area contributed by atoms with E-state index in [1.807, 2.05) is 55.5 Å². The Labute approximate surface area is 145 Å². The molecule has 1 saturated heterocycles. The zero-order valence-electron chi connectivity index (χ0n) is 13.4. The van der Waals surface area contributed by atoms with E-state index in [2.05, 4.69) is 4.90 Å². The summed E-state index contributed by atoms with van der Waals surface area (Å²) in [6.45, 7) is 2.14. The fourth-order valence-electron chi connectivity index (χ4n) is 3.74. The maximum absolute atomic E-state index is 12.7. The van der Waals surface area contributed by atoms with Gasteiger partial charge in [0.1, 0.15) is 5.75 Å². The first-order valence-electron chi connectivity index (χ1n) is 8.16. The maximum atomic E-state index is 12.7. The van der Waals surface area contributed by atoms with Crippen molar-refractivity contribution in [2.45, 2.75) is 31.5 Å². The maximum Gasteiger partial charge on any atom is 0.372 e. The minimum atomic E-state index is -1.08. The fraction of sp³-hybridized carbons (Fsp3) is 0.316. The van der Waals surface area contributed by atoms with E-state index in [0.29, 0.717) is 18.1 Å². The van der Waals surface area contributed by atoms with Gasteiger partial charge in [-0.15, -0.1) is 0 Å². The normalized spacial score (nSPS) is 24.2. The summed E-state index contributed by atoms with van der Waals surface area (Å²) >= 11 is 6.17. The average molecular weight is 344 g/mol. The Kier molecular flexibility index (Phi) is 3.65. The van der Waals surface area contributed by atoms with Crippen LogP contribution in [0.3, 0.4) is 0 Å². The molecule has 124 valence electrons. The molecule has 0 aromatic heterocycles. The van der Waals surface area contributed by atoms with Crippen molar-refractivity contribution in [1.82, 2.24) is 0 Å². The molecular weight excluding hydrogens is 326 g/mol. The van der Waals surface area contributed by atoms with Crippen LogP contribution in [0.5, 0.6) is 5.75 Å². The highest BCUT2D eigenvalue weighted by Crippen LogP contribution is 2.54. The largest absolute Gasteiger partial charge is 0.462 e. The van der Waals surface area contributed by atoms with Crippen LogP contribution in [0.15, 0.2) is 48.5 Å². The number of anilines is 1. The SMILES string of the molecule is CCOC(=O)[C@]12CC[C@H](c3cccc(Cl)c3)N1c1ccccc1O2. The topological polar surface area (TPSA) is 38.8 Å². The molecule has 2 aliphatic heterocycles. The molecule has 0 N–H and O–H groups in total. The first-order valence-corrected chi connectivity index (χ1v) is 8.53. The molecule has 2 heterocycles. The lowest BCUT2D eigenvalue weighted by Gasteiger charge is -2.33. The summed E-state index contributed by atoms with van der Waals surface area (Å²) in [6, 6.07) is 15.6. The van der Waals surface area contributed by atoms with Crippen molar-refractivity contribution in [2.24, 2.45) is 0 Å². The summed E-state index contributed by atoms with van der Waals surface area (Å²) < 4.78 is 11.5. The van der Waals surface area contributed by atoms with Crippen molar-refractivity contribution < 1.29 is 14.3 Å². The third-order valence-corrected chi connectivity index (χ3v) is 4.92. The predicted molar refractivity (Wildman–Crippen MR) is 92.3 cm³/mol. The molecule has 0 saturated carbocycles. The van der Waals surface area contributed by atoms with Gasteiger partial charge in [0.15, 0.2) is 0 Å². The molecule has 2 atom stereocenters. The second-order valence-electron chi connectivity index (χ2n) is 6.05. The highest BCUT2D eigenvalue weighted by Gasteiger charge is 2.60. The summed E-state index contributed by atoms with van der Waals surface area (Å²) in [7, 11) is 0. The zero-order valence-corrected chi connectivity index (χ0v) is 14.1. The predicted octanol–water partition coefficient (Wildman–Crippen LogP) is 4.33. The fourth-order valence-corrected chi connectivity index (χ4v) is 3.93. The molecule has 4 nitrogen and oxygen atoms in total. The van der Waals surface area contributed by atoms with Crippen LogP contribution in [0.25, 0.3) is 0 Å². The van der Waals surface area contributed by atoms with Crippen LogP contribution in [-0.4, -0.2) is 18.3 Å². The van der Waals surface area contributed by atoms with Crippen molar-refractivity contribution in [3.8, 4) is 5.75 Å². The molecule has 2 aromatic carbocycles. The summed E-state index contributed by atoms with van der Waals surface area (Å²) in [5.74, 6) is 0.392. The number of para-hydroxylation sites is 2. The van der Waals surface area contributed by atoms with Gasteiger partial charge in [-0.05, 0) is 43.2 Å². The molecule has 0 spiro atoms. The van der Waals surface area contributed by atoms with Gasteiger partial charge in [-0.3, -0.25) is 0 Å². The van der Waals surface area contributed by atoms with Crippen molar-refractivity contribution in [3.63, 3.8) is 0 Å². The third kappa shape index (κ3) is 2.17. The summed E-state index contributed by atoms with van der Waals surface area (Å²) in [6.07, 6.45) is 1.38. The molecule has 2 aromatic rings. The third-order valence-electron chi connectivity index (χ3n) is 4.69. The second kappa shape index (κ2) is 5.71. The Balaban J connectivity index is 1.81. The van der Waals surface area contributed by atoms with Crippen molar-refractivity contribution in [2.75, 3.05) is 11.5 Å². The molecule has 0 bridgehead atoms. The van der Waals surface area contributed by atoms with Crippen molar-refractivity contribution in [3.05, 3.63) is 59.1 Å². The van der Waals surface area contributed by atoms with Gasteiger partial charge >= 0.3 is 5.97 Å². The number of carbonyl (C=O) groups is 1. The molecule has 5 heteroatoms. The van der Waals surface area contributed by atoms with Gasteiger partial charge in [0.2, 0.25) is 0 Å². The van der Waals surface area contributed by atoms with E-state index in [9.17, 15) is 4.79 Å². The van der Waals surface area contributed by atoms with Crippen LogP contribution in [0, 0.1) is 0 Å². The van der Waals surface area contributed by atoms with Crippen LogP contribution in [0.1, 0.15) is 31.4 Å². The van der Waals surface area contributed by atoms with Gasteiger partial charge in [0.25, 0.3) is 5.72 Å². The number of fused-ring (bicyclic) bond motifs is 3. The number of halogens is 1. The number of esters is 1. The number of hydrogen-bond donors (Lipinski definition) is 0. The molecule has 1 fully saturated rings. The van der Waals surface area contributed by atoms with Crippen molar-refractivity contribution >= 4 is 23.3 Å². The molecule has 4 rings (SSSR count). The lowest BCUT2D eigenvalue weighted by atomic mass is 10.0. The first kappa shape index (κ1) is 15.3. The Bertz CT molecular complexity index is 794. The standard InChI is InChI=1S/C19H18ClNO3/c1-2-23-18(22)19-11-10-15(13-6-5-7-14(20)12-13)21(19)16-8-3-4-9-17(16)24-19/h3-9,12,15H,2,10-11H2,1H3/t15-,19-/m1/s1. The number of benzene rings is 2. The van der Waals surface area contributed by atoms with E-state index >= 15 is 0 Å². The number of nitrogens with zero attached hydrogens (tertiary/aromatic N) is 1. The molecule has 0 radical (unpaired) electrons. The number of rotatable bonds is 3. The van der Waals surface area contributed by atoms with E-state index in [1.54, 1.807) is 0 Å². The van der Waals surface area contributed by atoms with Gasteiger partial charge < -0.3 is 14.4 Å². The molecule has 24 heavy (non-hydrogen) atoms. The Morgan fingerprint density at radius 1 is 1.33 bits per heavy atom. The highest BCUT2D eigenvalue weighted by molar-refractivity contribution is 6.30. The second-order valence-corrected chi connectivity index (χ2v) is 6.49. The number of carbonyl (C=O) groups excluding carboxylic acids is 1. The van der Waals surface area contributed by atoms with E-state index in [0.717, 1.165) is 23.4 Å². The van der Waals surface area contributed by atoms with Crippen LogP contribution in [0.4, 0.5) is 5.69 Å². The van der Waals surface area contributed by atoms with Crippen LogP contribution in [0.2, 0.25) is 5.02 Å². The number of hydrogen-bond acceptors (Lipinski definition) is 4. The van der Waals surface area contributed by atoms with E-state index in [4.69, 9.17) is 21.1 Å². The Morgan fingerprint density at radius 3 is 2.96 bits per heavy atom. The Hall–Kier alpha value is -2.20.